The van der Waals surface area contributed by atoms with Crippen LogP contribution in [-0.2, 0) is 9.47 Å². The average molecular weight is 494 g/mol. The van der Waals surface area contributed by atoms with Crippen molar-refractivity contribution in [2.45, 2.75) is 56.7 Å². The summed E-state index contributed by atoms with van der Waals surface area (Å²) < 4.78 is 79.0. The van der Waals surface area contributed by atoms with Gasteiger partial charge in [0.05, 0.1) is 56.0 Å². The molecule has 1 fully saturated rings. The number of methoxy groups -OCH3 is 1. The number of alkyl halides is 5. The molecule has 0 aromatic carbocycles. The van der Waals surface area contributed by atoms with Gasteiger partial charge in [-0.3, -0.25) is 0 Å². The van der Waals surface area contributed by atoms with Crippen molar-refractivity contribution in [3.8, 4) is 0 Å². The summed E-state index contributed by atoms with van der Waals surface area (Å²) >= 11 is 0. The van der Waals surface area contributed by atoms with Gasteiger partial charge >= 0.3 is 12.2 Å². The van der Waals surface area contributed by atoms with Crippen molar-refractivity contribution in [1.82, 2.24) is 24.8 Å². The molecule has 2 amide bonds. The highest BCUT2D eigenvalue weighted by Crippen LogP contribution is 2.35. The summed E-state index contributed by atoms with van der Waals surface area (Å²) in [5.74, 6) is -3.12. The van der Waals surface area contributed by atoms with E-state index >= 15 is 0 Å². The minimum Gasteiger partial charge on any atom is -0.382 e. The van der Waals surface area contributed by atoms with E-state index in [1.165, 1.54) is 37.0 Å². The van der Waals surface area contributed by atoms with Crippen LogP contribution in [0.15, 0.2) is 18.5 Å². The number of hydrogen-bond acceptors (Lipinski definition) is 6. The van der Waals surface area contributed by atoms with Gasteiger partial charge in [0.2, 0.25) is 0 Å². The van der Waals surface area contributed by atoms with Crippen LogP contribution < -0.4 is 11.1 Å². The molecular weight excluding hydrogens is 467 g/mol. The maximum absolute atomic E-state index is 13.9. The number of nitrogens with one attached hydrogen (secondary N) is 1. The molecule has 1 aliphatic rings. The van der Waals surface area contributed by atoms with Gasteiger partial charge in [0, 0.05) is 12.7 Å². The van der Waals surface area contributed by atoms with Crippen molar-refractivity contribution in [2.24, 2.45) is 5.73 Å². The Kier molecular flexibility index (Phi) is 7.06. The molecule has 0 bridgehead atoms. The third-order valence-electron chi connectivity index (χ3n) is 5.62. The number of carbonyl (C=O) groups excluding carboxylic acids is 1. The number of ether oxygens (including phenoxy) is 2. The molecule has 34 heavy (non-hydrogen) atoms. The Morgan fingerprint density at radius 1 is 1.32 bits per heavy atom. The van der Waals surface area contributed by atoms with Crippen LogP contribution in [0.25, 0.3) is 5.65 Å². The summed E-state index contributed by atoms with van der Waals surface area (Å²) in [6, 6.07) is -1.03. The van der Waals surface area contributed by atoms with E-state index in [1.807, 2.05) is 0 Å². The van der Waals surface area contributed by atoms with Crippen LogP contribution >= 0.6 is 0 Å². The topological polar surface area (TPSA) is 107 Å². The number of imidazole rings is 1. The molecule has 3 heterocycles. The molecule has 1 saturated heterocycles. The van der Waals surface area contributed by atoms with Crippen LogP contribution in [0.5, 0.6) is 0 Å². The van der Waals surface area contributed by atoms with Gasteiger partial charge < -0.3 is 25.4 Å². The van der Waals surface area contributed by atoms with Crippen molar-refractivity contribution in [3.05, 3.63) is 29.7 Å². The fourth-order valence-electron chi connectivity index (χ4n) is 3.56. The predicted molar refractivity (Wildman–Crippen MR) is 110 cm³/mol. The number of nitrogens with two attached hydrogens (primary N) is 1. The molecule has 0 saturated carbocycles. The Morgan fingerprint density at radius 3 is 2.62 bits per heavy atom. The van der Waals surface area contributed by atoms with Gasteiger partial charge in [-0.2, -0.15) is 18.3 Å². The van der Waals surface area contributed by atoms with Gasteiger partial charge in [-0.05, 0) is 26.8 Å². The first-order valence-corrected chi connectivity index (χ1v) is 10.4. The third kappa shape index (κ3) is 5.39. The zero-order valence-electron chi connectivity index (χ0n) is 19.1. The van der Waals surface area contributed by atoms with Crippen LogP contribution in [0.2, 0.25) is 0 Å². The van der Waals surface area contributed by atoms with Crippen molar-refractivity contribution in [3.63, 3.8) is 0 Å². The lowest BCUT2D eigenvalue weighted by atomic mass is 10.1. The smallest absolute Gasteiger partial charge is 0.382 e. The van der Waals surface area contributed by atoms with E-state index in [0.29, 0.717) is 5.56 Å². The largest absolute Gasteiger partial charge is 0.416 e. The number of amides is 2. The van der Waals surface area contributed by atoms with E-state index < -0.39 is 55.0 Å². The number of nitrogens with zero attached hydrogens (tertiary/aromatic N) is 4. The molecule has 9 nitrogen and oxygen atoms in total. The number of fused-ring (bicyclic) bond motifs is 1. The molecular formula is C20H27F5N6O3. The van der Waals surface area contributed by atoms with E-state index in [0.717, 1.165) is 18.7 Å². The first kappa shape index (κ1) is 26.0. The highest BCUT2D eigenvalue weighted by atomic mass is 19.4. The van der Waals surface area contributed by atoms with Gasteiger partial charge in [-0.15, -0.1) is 0 Å². The zero-order chi connectivity index (χ0) is 25.5. The monoisotopic (exact) mass is 494 g/mol. The van der Waals surface area contributed by atoms with E-state index in [2.05, 4.69) is 15.4 Å². The number of carbonyl (C=O) groups is 1. The third-order valence-corrected chi connectivity index (χ3v) is 5.62. The second kappa shape index (κ2) is 9.23. The molecule has 3 rings (SSSR count). The molecule has 1 unspecified atom stereocenters. The van der Waals surface area contributed by atoms with E-state index in [4.69, 9.17) is 15.2 Å². The fourth-order valence-corrected chi connectivity index (χ4v) is 3.56. The lowest BCUT2D eigenvalue weighted by Gasteiger charge is -2.38. The molecule has 2 aromatic rings. The minimum absolute atomic E-state index is 0.0775. The molecule has 14 heteroatoms. The standard InChI is InChI=1S/C20H27F5N6O3/c1-11(34-18(2,3)20(23,24)25)16(26)13-7-31-15(29-13)5-12(6-28-31)14(8-33-4)30-10-19(21,22)9-27-17(30)32/h5-7,11,14,16H,8-10,26H2,1-4H3,(H,27,32)/t11?,14-,16+/m1/s1. The summed E-state index contributed by atoms with van der Waals surface area (Å²) in [6.07, 6.45) is -2.82. The molecule has 0 aliphatic carbocycles. The Balaban J connectivity index is 1.86. The first-order chi connectivity index (χ1) is 15.6. The number of aromatic nitrogens is 3. The SMILES string of the molecule is COC[C@H](c1cnn2cc([C@@H](N)C(C)OC(C)(C)C(F)(F)F)nc2c1)N1CC(F)(F)CNC1=O. The first-order valence-electron chi connectivity index (χ1n) is 10.4. The molecule has 2 aromatic heterocycles. The number of urea groups is 1. The average Bonchev–Trinajstić information content (AvgIpc) is 3.15. The summed E-state index contributed by atoms with van der Waals surface area (Å²) in [7, 11) is 1.37. The molecule has 0 radical (unpaired) electrons. The Morgan fingerprint density at radius 2 is 2.00 bits per heavy atom. The quantitative estimate of drug-likeness (QED) is 0.547. The van der Waals surface area contributed by atoms with Crippen molar-refractivity contribution in [2.75, 3.05) is 26.8 Å². The minimum atomic E-state index is -4.59. The zero-order valence-corrected chi connectivity index (χ0v) is 19.1. The van der Waals surface area contributed by atoms with E-state index in [-0.39, 0.29) is 17.9 Å². The highest BCUT2D eigenvalue weighted by Gasteiger charge is 2.50. The van der Waals surface area contributed by atoms with Crippen molar-refractivity contribution < 1.29 is 36.2 Å². The predicted octanol–water partition coefficient (Wildman–Crippen LogP) is 2.82. The van der Waals surface area contributed by atoms with Gasteiger partial charge in [0.25, 0.3) is 5.92 Å². The van der Waals surface area contributed by atoms with Crippen LogP contribution in [0, 0.1) is 0 Å². The number of halogens is 5. The summed E-state index contributed by atoms with van der Waals surface area (Å²) in [5.41, 5.74) is 4.55. The normalized spacial score (nSPS) is 19.7. The maximum atomic E-state index is 13.9. The maximum Gasteiger partial charge on any atom is 0.416 e. The van der Waals surface area contributed by atoms with Crippen LogP contribution in [0.1, 0.15) is 44.1 Å². The summed E-state index contributed by atoms with van der Waals surface area (Å²) in [5, 5.41) is 6.35. The summed E-state index contributed by atoms with van der Waals surface area (Å²) in [4.78, 5) is 17.6. The lowest BCUT2D eigenvalue weighted by Crippen LogP contribution is -2.58. The Bertz CT molecular complexity index is 1030. The van der Waals surface area contributed by atoms with Gasteiger partial charge in [0.15, 0.2) is 11.2 Å². The van der Waals surface area contributed by atoms with Gasteiger partial charge in [-0.25, -0.2) is 23.1 Å². The molecule has 0 spiro atoms. The molecule has 190 valence electrons. The second-order valence-electron chi connectivity index (χ2n) is 8.73. The van der Waals surface area contributed by atoms with Gasteiger partial charge in [0.1, 0.15) is 0 Å². The number of hydrogen-bond donors (Lipinski definition) is 2. The Labute approximate surface area is 192 Å². The van der Waals surface area contributed by atoms with Crippen molar-refractivity contribution >= 4 is 11.7 Å². The number of rotatable bonds is 8. The highest BCUT2D eigenvalue weighted by molar-refractivity contribution is 5.76. The van der Waals surface area contributed by atoms with Crippen LogP contribution in [-0.4, -0.2) is 76.1 Å². The molecule has 3 N–H and O–H groups in total. The van der Waals surface area contributed by atoms with Crippen LogP contribution in [0.4, 0.5) is 26.7 Å². The molecule has 1 aliphatic heterocycles. The van der Waals surface area contributed by atoms with Gasteiger partial charge in [-0.1, -0.05) is 0 Å². The van der Waals surface area contributed by atoms with E-state index in [1.54, 1.807) is 0 Å². The summed E-state index contributed by atoms with van der Waals surface area (Å²) in [6.45, 7) is 1.59. The lowest BCUT2D eigenvalue weighted by molar-refractivity contribution is -0.277. The Hall–Kier alpha value is -2.58. The second-order valence-corrected chi connectivity index (χ2v) is 8.73. The van der Waals surface area contributed by atoms with Crippen LogP contribution in [0.3, 0.4) is 0 Å². The van der Waals surface area contributed by atoms with E-state index in [9.17, 15) is 26.7 Å². The van der Waals surface area contributed by atoms with Crippen molar-refractivity contribution in [1.29, 1.82) is 0 Å². The fraction of sp³-hybridized carbons (Fsp3) is 0.650. The molecule has 3 atom stereocenters.